The van der Waals surface area contributed by atoms with Crippen molar-refractivity contribution in [2.75, 3.05) is 38.2 Å². The standard InChI is InChI=1S/C10H16N4O2/c15-10(12-9-1-3-11-13-9)2-4-14-5-7-16-8-6-14/h1,3H,2,4-8H2,(H2,11,12,13,15). The first kappa shape index (κ1) is 11.1. The number of carbonyl (C=O) groups excluding carboxylic acids is 1. The van der Waals surface area contributed by atoms with E-state index in [0.717, 1.165) is 32.8 Å². The summed E-state index contributed by atoms with van der Waals surface area (Å²) in [7, 11) is 0. The van der Waals surface area contributed by atoms with E-state index in [0.29, 0.717) is 12.2 Å². The molecule has 1 amide bonds. The molecule has 6 heteroatoms. The number of nitrogens with zero attached hydrogens (tertiary/aromatic N) is 2. The first-order valence-corrected chi connectivity index (χ1v) is 5.44. The lowest BCUT2D eigenvalue weighted by atomic mass is 10.3. The van der Waals surface area contributed by atoms with Gasteiger partial charge in [-0.3, -0.25) is 14.8 Å². The van der Waals surface area contributed by atoms with Gasteiger partial charge in [-0.25, -0.2) is 0 Å². The number of amides is 1. The van der Waals surface area contributed by atoms with E-state index in [1.165, 1.54) is 0 Å². The van der Waals surface area contributed by atoms with Crippen LogP contribution in [0.5, 0.6) is 0 Å². The lowest BCUT2D eigenvalue weighted by Gasteiger charge is -2.26. The van der Waals surface area contributed by atoms with Crippen molar-refractivity contribution in [3.05, 3.63) is 12.3 Å². The van der Waals surface area contributed by atoms with Gasteiger partial charge in [0.05, 0.1) is 19.4 Å². The Bertz CT molecular complexity index is 320. The van der Waals surface area contributed by atoms with Crippen LogP contribution in [0.15, 0.2) is 12.3 Å². The predicted octanol–water partition coefficient (Wildman–Crippen LogP) is 0.0705. The van der Waals surface area contributed by atoms with Gasteiger partial charge in [0.1, 0.15) is 5.82 Å². The van der Waals surface area contributed by atoms with Crippen LogP contribution in [0.4, 0.5) is 5.82 Å². The molecule has 88 valence electrons. The van der Waals surface area contributed by atoms with Crippen molar-refractivity contribution < 1.29 is 9.53 Å². The van der Waals surface area contributed by atoms with E-state index in [2.05, 4.69) is 20.4 Å². The van der Waals surface area contributed by atoms with Gasteiger partial charge in [-0.05, 0) is 0 Å². The monoisotopic (exact) mass is 224 g/mol. The molecule has 1 saturated heterocycles. The largest absolute Gasteiger partial charge is 0.379 e. The van der Waals surface area contributed by atoms with E-state index in [1.54, 1.807) is 12.3 Å². The molecule has 0 saturated carbocycles. The Hall–Kier alpha value is -1.40. The summed E-state index contributed by atoms with van der Waals surface area (Å²) >= 11 is 0. The fraction of sp³-hybridized carbons (Fsp3) is 0.600. The third-order valence-corrected chi connectivity index (χ3v) is 2.53. The lowest BCUT2D eigenvalue weighted by molar-refractivity contribution is -0.116. The highest BCUT2D eigenvalue weighted by Crippen LogP contribution is 2.02. The Morgan fingerprint density at radius 3 is 3.06 bits per heavy atom. The van der Waals surface area contributed by atoms with Crippen LogP contribution in [0.1, 0.15) is 6.42 Å². The Labute approximate surface area is 94.0 Å². The number of hydrogen-bond acceptors (Lipinski definition) is 4. The van der Waals surface area contributed by atoms with Crippen molar-refractivity contribution in [1.82, 2.24) is 15.1 Å². The zero-order valence-electron chi connectivity index (χ0n) is 9.11. The SMILES string of the molecule is O=C(CCN1CCOCC1)Nc1ccn[nH]1. The number of hydrogen-bond donors (Lipinski definition) is 2. The first-order chi connectivity index (χ1) is 7.84. The molecule has 16 heavy (non-hydrogen) atoms. The van der Waals surface area contributed by atoms with E-state index in [9.17, 15) is 4.79 Å². The van der Waals surface area contributed by atoms with Gasteiger partial charge >= 0.3 is 0 Å². The Morgan fingerprint density at radius 2 is 2.38 bits per heavy atom. The maximum Gasteiger partial charge on any atom is 0.226 e. The highest BCUT2D eigenvalue weighted by atomic mass is 16.5. The summed E-state index contributed by atoms with van der Waals surface area (Å²) in [5, 5.41) is 9.20. The molecule has 0 atom stereocenters. The molecule has 0 spiro atoms. The second-order valence-electron chi connectivity index (χ2n) is 3.72. The number of anilines is 1. The molecule has 0 radical (unpaired) electrons. The summed E-state index contributed by atoms with van der Waals surface area (Å²) in [6.07, 6.45) is 2.11. The summed E-state index contributed by atoms with van der Waals surface area (Å²) in [4.78, 5) is 13.8. The minimum Gasteiger partial charge on any atom is -0.379 e. The molecule has 2 rings (SSSR count). The van der Waals surface area contributed by atoms with Gasteiger partial charge < -0.3 is 10.1 Å². The van der Waals surface area contributed by atoms with Crippen LogP contribution in [0.2, 0.25) is 0 Å². The van der Waals surface area contributed by atoms with Crippen LogP contribution in [0, 0.1) is 0 Å². The molecule has 0 aromatic carbocycles. The number of morpholine rings is 1. The van der Waals surface area contributed by atoms with Crippen molar-refractivity contribution in [2.45, 2.75) is 6.42 Å². The number of H-pyrrole nitrogens is 1. The van der Waals surface area contributed by atoms with Gasteiger partial charge in [-0.1, -0.05) is 0 Å². The maximum absolute atomic E-state index is 11.5. The number of nitrogens with one attached hydrogen (secondary N) is 2. The van der Waals surface area contributed by atoms with E-state index < -0.39 is 0 Å². The van der Waals surface area contributed by atoms with E-state index >= 15 is 0 Å². The van der Waals surface area contributed by atoms with Crippen LogP contribution in [-0.2, 0) is 9.53 Å². The van der Waals surface area contributed by atoms with Crippen molar-refractivity contribution in [1.29, 1.82) is 0 Å². The molecule has 1 aromatic heterocycles. The van der Waals surface area contributed by atoms with Crippen LogP contribution >= 0.6 is 0 Å². The van der Waals surface area contributed by atoms with E-state index in [4.69, 9.17) is 4.74 Å². The van der Waals surface area contributed by atoms with Gasteiger partial charge in [-0.2, -0.15) is 5.10 Å². The quantitative estimate of drug-likeness (QED) is 0.759. The second-order valence-corrected chi connectivity index (χ2v) is 3.72. The second kappa shape index (κ2) is 5.62. The summed E-state index contributed by atoms with van der Waals surface area (Å²) < 4.78 is 5.24. The third kappa shape index (κ3) is 3.32. The van der Waals surface area contributed by atoms with Crippen LogP contribution in [-0.4, -0.2) is 53.9 Å². The fourth-order valence-corrected chi connectivity index (χ4v) is 1.62. The summed E-state index contributed by atoms with van der Waals surface area (Å²) in [5.41, 5.74) is 0. The molecule has 1 aliphatic heterocycles. The Kier molecular flexibility index (Phi) is 3.90. The molecule has 0 aliphatic carbocycles. The number of carbonyl (C=O) groups is 1. The lowest BCUT2D eigenvalue weighted by Crippen LogP contribution is -2.38. The van der Waals surface area contributed by atoms with Crippen LogP contribution < -0.4 is 5.32 Å². The fourth-order valence-electron chi connectivity index (χ4n) is 1.62. The molecule has 0 unspecified atom stereocenters. The minimum atomic E-state index is 0.00995. The summed E-state index contributed by atoms with van der Waals surface area (Å²) in [5.74, 6) is 0.655. The smallest absolute Gasteiger partial charge is 0.226 e. The highest BCUT2D eigenvalue weighted by Gasteiger charge is 2.11. The zero-order valence-corrected chi connectivity index (χ0v) is 9.11. The number of aromatic nitrogens is 2. The molecule has 2 N–H and O–H groups in total. The number of rotatable bonds is 4. The molecule has 0 bridgehead atoms. The van der Waals surface area contributed by atoms with Gasteiger partial charge in [0.25, 0.3) is 0 Å². The van der Waals surface area contributed by atoms with Gasteiger partial charge in [0, 0.05) is 32.1 Å². The maximum atomic E-state index is 11.5. The van der Waals surface area contributed by atoms with Crippen molar-refractivity contribution in [3.63, 3.8) is 0 Å². The summed E-state index contributed by atoms with van der Waals surface area (Å²) in [6.45, 7) is 4.14. The average molecular weight is 224 g/mol. The molecular weight excluding hydrogens is 208 g/mol. The van der Waals surface area contributed by atoms with Crippen molar-refractivity contribution >= 4 is 11.7 Å². The number of aromatic amines is 1. The third-order valence-electron chi connectivity index (χ3n) is 2.53. The van der Waals surface area contributed by atoms with Crippen LogP contribution in [0.3, 0.4) is 0 Å². The van der Waals surface area contributed by atoms with Crippen molar-refractivity contribution in [3.8, 4) is 0 Å². The van der Waals surface area contributed by atoms with Crippen LogP contribution in [0.25, 0.3) is 0 Å². The molecule has 6 nitrogen and oxygen atoms in total. The highest BCUT2D eigenvalue weighted by molar-refractivity contribution is 5.89. The van der Waals surface area contributed by atoms with Gasteiger partial charge in [0.15, 0.2) is 0 Å². The summed E-state index contributed by atoms with van der Waals surface area (Å²) in [6, 6.07) is 1.73. The van der Waals surface area contributed by atoms with E-state index in [1.807, 2.05) is 0 Å². The minimum absolute atomic E-state index is 0.00995. The first-order valence-electron chi connectivity index (χ1n) is 5.44. The average Bonchev–Trinajstić information content (AvgIpc) is 2.81. The Morgan fingerprint density at radius 1 is 1.56 bits per heavy atom. The molecule has 1 fully saturated rings. The molecule has 2 heterocycles. The topological polar surface area (TPSA) is 70.2 Å². The van der Waals surface area contributed by atoms with Gasteiger partial charge in [0.2, 0.25) is 5.91 Å². The predicted molar refractivity (Wildman–Crippen MR) is 59.1 cm³/mol. The van der Waals surface area contributed by atoms with Gasteiger partial charge in [-0.15, -0.1) is 0 Å². The number of ether oxygens (including phenoxy) is 1. The normalized spacial score (nSPS) is 17.2. The van der Waals surface area contributed by atoms with E-state index in [-0.39, 0.29) is 5.91 Å². The molecular formula is C10H16N4O2. The van der Waals surface area contributed by atoms with Crippen molar-refractivity contribution in [2.24, 2.45) is 0 Å². The zero-order chi connectivity index (χ0) is 11.2. The molecule has 1 aromatic rings. The molecule has 1 aliphatic rings. The Balaban J connectivity index is 1.67.